The Bertz CT molecular complexity index is 184. The van der Waals surface area contributed by atoms with Gasteiger partial charge in [-0.15, -0.1) is 0 Å². The molecule has 0 rings (SSSR count). The van der Waals surface area contributed by atoms with Crippen molar-refractivity contribution in [3.8, 4) is 0 Å². The first-order valence-electron chi connectivity index (χ1n) is 7.84. The van der Waals surface area contributed by atoms with Crippen molar-refractivity contribution in [2.24, 2.45) is 16.7 Å². The lowest BCUT2D eigenvalue weighted by Gasteiger charge is -2.32. The van der Waals surface area contributed by atoms with Crippen molar-refractivity contribution in [2.75, 3.05) is 0 Å². The minimum Gasteiger partial charge on any atom is -0.0649 e. The van der Waals surface area contributed by atoms with Gasteiger partial charge in [0.25, 0.3) is 0 Å². The molecular formula is C17H36. The normalized spacial score (nSPS) is 15.0. The molecule has 1 atom stereocenters. The molecule has 0 aliphatic heterocycles. The molecule has 17 heavy (non-hydrogen) atoms. The summed E-state index contributed by atoms with van der Waals surface area (Å²) in [4.78, 5) is 0. The average Bonchev–Trinajstić information content (AvgIpc) is 2.35. The maximum absolute atomic E-state index is 2.46. The third-order valence-electron chi connectivity index (χ3n) is 5.50. The molecule has 104 valence electrons. The van der Waals surface area contributed by atoms with E-state index < -0.39 is 0 Å². The molecule has 0 aromatic carbocycles. The van der Waals surface area contributed by atoms with Crippen LogP contribution in [-0.2, 0) is 0 Å². The van der Waals surface area contributed by atoms with Gasteiger partial charge in [0.15, 0.2) is 0 Å². The summed E-state index contributed by atoms with van der Waals surface area (Å²) < 4.78 is 0. The molecule has 0 spiro atoms. The van der Waals surface area contributed by atoms with Crippen LogP contribution in [0.25, 0.3) is 0 Å². The number of rotatable bonds is 9. The van der Waals surface area contributed by atoms with Crippen molar-refractivity contribution in [1.29, 1.82) is 0 Å². The zero-order chi connectivity index (χ0) is 13.5. The van der Waals surface area contributed by atoms with E-state index in [1.807, 2.05) is 0 Å². The summed E-state index contributed by atoms with van der Waals surface area (Å²) >= 11 is 0. The number of hydrogen-bond donors (Lipinski definition) is 0. The fraction of sp³-hybridized carbons (Fsp3) is 1.00. The van der Waals surface area contributed by atoms with Gasteiger partial charge in [0, 0.05) is 0 Å². The molecule has 0 aromatic heterocycles. The molecule has 0 fully saturated rings. The highest BCUT2D eigenvalue weighted by atomic mass is 14.3. The van der Waals surface area contributed by atoms with Crippen molar-refractivity contribution in [2.45, 2.75) is 93.4 Å². The molecule has 0 bridgehead atoms. The molecule has 0 aliphatic rings. The van der Waals surface area contributed by atoms with Gasteiger partial charge in [0.2, 0.25) is 0 Å². The second-order valence-corrected chi connectivity index (χ2v) is 6.88. The van der Waals surface area contributed by atoms with Gasteiger partial charge in [-0.25, -0.2) is 0 Å². The molecule has 0 saturated heterocycles. The van der Waals surface area contributed by atoms with Crippen LogP contribution >= 0.6 is 0 Å². The van der Waals surface area contributed by atoms with Crippen molar-refractivity contribution in [3.05, 3.63) is 0 Å². The Morgan fingerprint density at radius 2 is 1.18 bits per heavy atom. The Balaban J connectivity index is 4.14. The van der Waals surface area contributed by atoms with Gasteiger partial charge in [0.1, 0.15) is 0 Å². The van der Waals surface area contributed by atoms with Crippen LogP contribution in [0, 0.1) is 16.7 Å². The molecule has 0 heterocycles. The van der Waals surface area contributed by atoms with E-state index in [0.717, 1.165) is 5.92 Å². The average molecular weight is 240 g/mol. The SMILES string of the molecule is CCC(C)(CC)CCC(C)CC(C)(CC)CC. The summed E-state index contributed by atoms with van der Waals surface area (Å²) in [6, 6.07) is 0. The Hall–Kier alpha value is 0. The predicted molar refractivity (Wildman–Crippen MR) is 80.4 cm³/mol. The molecule has 0 amide bonds. The van der Waals surface area contributed by atoms with Crippen molar-refractivity contribution >= 4 is 0 Å². The maximum atomic E-state index is 2.46. The molecule has 0 N–H and O–H groups in total. The maximum Gasteiger partial charge on any atom is -0.0329 e. The highest BCUT2D eigenvalue weighted by Crippen LogP contribution is 2.38. The molecule has 0 heteroatoms. The van der Waals surface area contributed by atoms with Crippen LogP contribution in [0.3, 0.4) is 0 Å². The predicted octanol–water partition coefficient (Wildman–Crippen LogP) is 6.45. The lowest BCUT2D eigenvalue weighted by atomic mass is 9.73. The van der Waals surface area contributed by atoms with Gasteiger partial charge >= 0.3 is 0 Å². The van der Waals surface area contributed by atoms with E-state index in [4.69, 9.17) is 0 Å². The van der Waals surface area contributed by atoms with Gasteiger partial charge in [-0.05, 0) is 29.6 Å². The summed E-state index contributed by atoms with van der Waals surface area (Å²) in [6.45, 7) is 16.7. The second kappa shape index (κ2) is 7.44. The fourth-order valence-corrected chi connectivity index (χ4v) is 2.68. The summed E-state index contributed by atoms with van der Waals surface area (Å²) in [6.07, 6.45) is 9.53. The van der Waals surface area contributed by atoms with E-state index in [2.05, 4.69) is 48.5 Å². The monoisotopic (exact) mass is 240 g/mol. The smallest absolute Gasteiger partial charge is 0.0329 e. The Kier molecular flexibility index (Phi) is 7.44. The van der Waals surface area contributed by atoms with Crippen LogP contribution in [0.4, 0.5) is 0 Å². The minimum absolute atomic E-state index is 0.578. The lowest BCUT2D eigenvalue weighted by molar-refractivity contribution is 0.192. The third-order valence-corrected chi connectivity index (χ3v) is 5.50. The van der Waals surface area contributed by atoms with Gasteiger partial charge < -0.3 is 0 Å². The van der Waals surface area contributed by atoms with Gasteiger partial charge in [-0.1, -0.05) is 80.6 Å². The fourth-order valence-electron chi connectivity index (χ4n) is 2.68. The molecule has 0 saturated carbocycles. The van der Waals surface area contributed by atoms with Gasteiger partial charge in [-0.3, -0.25) is 0 Å². The topological polar surface area (TPSA) is 0 Å². The zero-order valence-electron chi connectivity index (χ0n) is 13.5. The highest BCUT2D eigenvalue weighted by Gasteiger charge is 2.25. The van der Waals surface area contributed by atoms with Gasteiger partial charge in [-0.2, -0.15) is 0 Å². The quantitative estimate of drug-likeness (QED) is 0.434. The van der Waals surface area contributed by atoms with E-state index in [9.17, 15) is 0 Å². The van der Waals surface area contributed by atoms with Crippen LogP contribution in [-0.4, -0.2) is 0 Å². The molecule has 0 aliphatic carbocycles. The first-order valence-corrected chi connectivity index (χ1v) is 7.84. The van der Waals surface area contributed by atoms with E-state index in [1.54, 1.807) is 0 Å². The number of hydrogen-bond acceptors (Lipinski definition) is 0. The highest BCUT2D eigenvalue weighted by molar-refractivity contribution is 4.77. The largest absolute Gasteiger partial charge is 0.0649 e. The second-order valence-electron chi connectivity index (χ2n) is 6.88. The molecule has 0 nitrogen and oxygen atoms in total. The van der Waals surface area contributed by atoms with Crippen molar-refractivity contribution < 1.29 is 0 Å². The Morgan fingerprint density at radius 1 is 0.765 bits per heavy atom. The van der Waals surface area contributed by atoms with E-state index in [-0.39, 0.29) is 0 Å². The zero-order valence-corrected chi connectivity index (χ0v) is 13.5. The molecule has 0 aromatic rings. The summed E-state index contributed by atoms with van der Waals surface area (Å²) in [7, 11) is 0. The van der Waals surface area contributed by atoms with E-state index in [1.165, 1.54) is 44.9 Å². The standard InChI is InChI=1S/C17H36/c1-8-16(6,9-2)13-12-15(5)14-17(7,10-3)11-4/h15H,8-14H2,1-7H3. The van der Waals surface area contributed by atoms with Crippen LogP contribution in [0.2, 0.25) is 0 Å². The Labute approximate surface area is 111 Å². The van der Waals surface area contributed by atoms with Crippen LogP contribution in [0.15, 0.2) is 0 Å². The van der Waals surface area contributed by atoms with Crippen LogP contribution in [0.1, 0.15) is 93.4 Å². The van der Waals surface area contributed by atoms with Crippen molar-refractivity contribution in [1.82, 2.24) is 0 Å². The minimum atomic E-state index is 0.578. The Morgan fingerprint density at radius 3 is 1.53 bits per heavy atom. The van der Waals surface area contributed by atoms with Crippen LogP contribution in [0.5, 0.6) is 0 Å². The first-order chi connectivity index (χ1) is 7.84. The van der Waals surface area contributed by atoms with Crippen LogP contribution < -0.4 is 0 Å². The molecular weight excluding hydrogens is 204 g/mol. The van der Waals surface area contributed by atoms with Crippen molar-refractivity contribution in [3.63, 3.8) is 0 Å². The molecule has 1 unspecified atom stereocenters. The van der Waals surface area contributed by atoms with E-state index >= 15 is 0 Å². The molecule has 0 radical (unpaired) electrons. The lowest BCUT2D eigenvalue weighted by Crippen LogP contribution is -2.20. The van der Waals surface area contributed by atoms with Gasteiger partial charge in [0.05, 0.1) is 0 Å². The third kappa shape index (κ3) is 5.93. The summed E-state index contributed by atoms with van der Waals surface area (Å²) in [5, 5.41) is 0. The summed E-state index contributed by atoms with van der Waals surface area (Å²) in [5.41, 5.74) is 1.16. The first kappa shape index (κ1) is 17.0. The summed E-state index contributed by atoms with van der Waals surface area (Å²) in [5.74, 6) is 0.886. The van der Waals surface area contributed by atoms with E-state index in [0.29, 0.717) is 10.8 Å².